The number of aryl methyl sites for hydroxylation is 1. The Hall–Kier alpha value is -1.77. The van der Waals surface area contributed by atoms with E-state index in [0.717, 1.165) is 28.7 Å². The van der Waals surface area contributed by atoms with Gasteiger partial charge in [0.05, 0.1) is 6.61 Å². The van der Waals surface area contributed by atoms with E-state index in [1.807, 2.05) is 25.1 Å². The molecular weight excluding hydrogens is 238 g/mol. The number of ether oxygens (including phenoxy) is 1. The van der Waals surface area contributed by atoms with Gasteiger partial charge in [-0.15, -0.1) is 0 Å². The Labute approximate surface area is 112 Å². The first-order valence-corrected chi connectivity index (χ1v) is 6.99. The first kappa shape index (κ1) is 12.3. The lowest BCUT2D eigenvalue weighted by Gasteiger charge is -2.14. The minimum absolute atomic E-state index is 0.0389. The summed E-state index contributed by atoms with van der Waals surface area (Å²) in [5.74, 6) is 1.61. The Morgan fingerprint density at radius 1 is 1.32 bits per heavy atom. The molecule has 1 fully saturated rings. The molecule has 19 heavy (non-hydrogen) atoms. The molecule has 1 aromatic heterocycles. The van der Waals surface area contributed by atoms with Crippen LogP contribution in [0.1, 0.15) is 31.2 Å². The van der Waals surface area contributed by atoms with Gasteiger partial charge in [-0.1, -0.05) is 12.8 Å². The highest BCUT2D eigenvalue weighted by atomic mass is 16.5. The van der Waals surface area contributed by atoms with Gasteiger partial charge < -0.3 is 9.72 Å². The van der Waals surface area contributed by atoms with Crippen molar-refractivity contribution in [3.8, 4) is 5.75 Å². The second-order valence-electron chi connectivity index (χ2n) is 5.47. The Kier molecular flexibility index (Phi) is 3.28. The second kappa shape index (κ2) is 5.08. The maximum absolute atomic E-state index is 11.7. The van der Waals surface area contributed by atoms with Gasteiger partial charge in [0, 0.05) is 11.6 Å². The maximum atomic E-state index is 11.7. The number of nitrogens with one attached hydrogen (secondary N) is 1. The van der Waals surface area contributed by atoms with Crippen LogP contribution in [-0.4, -0.2) is 11.6 Å². The largest absolute Gasteiger partial charge is 0.493 e. The smallest absolute Gasteiger partial charge is 0.255 e. The number of pyridine rings is 1. The van der Waals surface area contributed by atoms with Crippen molar-refractivity contribution in [2.75, 3.05) is 6.61 Å². The van der Waals surface area contributed by atoms with E-state index in [1.54, 1.807) is 6.20 Å². The van der Waals surface area contributed by atoms with Gasteiger partial charge in [-0.2, -0.15) is 0 Å². The molecule has 0 unspecified atom stereocenters. The summed E-state index contributed by atoms with van der Waals surface area (Å²) in [7, 11) is 0. The Morgan fingerprint density at radius 3 is 2.89 bits per heavy atom. The number of fused-ring (bicyclic) bond motifs is 1. The summed E-state index contributed by atoms with van der Waals surface area (Å²) in [5, 5.41) is 1.67. The molecule has 100 valence electrons. The van der Waals surface area contributed by atoms with Gasteiger partial charge in [-0.05, 0) is 54.8 Å². The van der Waals surface area contributed by atoms with Crippen LogP contribution in [0.25, 0.3) is 10.8 Å². The summed E-state index contributed by atoms with van der Waals surface area (Å²) in [5.41, 5.74) is 0.991. The van der Waals surface area contributed by atoms with E-state index < -0.39 is 0 Å². The molecule has 3 rings (SSSR count). The van der Waals surface area contributed by atoms with Gasteiger partial charge in [0.25, 0.3) is 5.56 Å². The SMILES string of the molecule is Cc1cc2c(=O)[nH]ccc2cc1OCC1CCCC1. The second-order valence-corrected chi connectivity index (χ2v) is 5.47. The summed E-state index contributed by atoms with van der Waals surface area (Å²) in [6, 6.07) is 5.81. The zero-order chi connectivity index (χ0) is 13.2. The van der Waals surface area contributed by atoms with Gasteiger partial charge >= 0.3 is 0 Å². The zero-order valence-electron chi connectivity index (χ0n) is 11.2. The average Bonchev–Trinajstić information content (AvgIpc) is 2.91. The van der Waals surface area contributed by atoms with Crippen LogP contribution in [0.3, 0.4) is 0 Å². The van der Waals surface area contributed by atoms with Gasteiger partial charge in [0.15, 0.2) is 0 Å². The average molecular weight is 257 g/mol. The third-order valence-corrected chi connectivity index (χ3v) is 4.02. The zero-order valence-corrected chi connectivity index (χ0v) is 11.2. The van der Waals surface area contributed by atoms with Crippen molar-refractivity contribution >= 4 is 10.8 Å². The molecule has 1 aromatic carbocycles. The molecule has 0 atom stereocenters. The van der Waals surface area contributed by atoms with Gasteiger partial charge in [-0.25, -0.2) is 0 Å². The first-order chi connectivity index (χ1) is 9.24. The molecule has 0 radical (unpaired) electrons. The molecular formula is C16H19NO2. The quantitative estimate of drug-likeness (QED) is 0.915. The topological polar surface area (TPSA) is 42.1 Å². The van der Waals surface area contributed by atoms with E-state index in [4.69, 9.17) is 4.74 Å². The van der Waals surface area contributed by atoms with Gasteiger partial charge in [-0.3, -0.25) is 4.79 Å². The number of hydrogen-bond acceptors (Lipinski definition) is 2. The van der Waals surface area contributed by atoms with Crippen LogP contribution in [0.15, 0.2) is 29.2 Å². The molecule has 0 saturated heterocycles. The summed E-state index contributed by atoms with van der Waals surface area (Å²) in [6.45, 7) is 2.80. The molecule has 3 heteroatoms. The highest BCUT2D eigenvalue weighted by molar-refractivity contribution is 5.83. The van der Waals surface area contributed by atoms with E-state index in [-0.39, 0.29) is 5.56 Å². The fraction of sp³-hybridized carbons (Fsp3) is 0.438. The summed E-state index contributed by atoms with van der Waals surface area (Å²) >= 11 is 0. The summed E-state index contributed by atoms with van der Waals surface area (Å²) in [4.78, 5) is 14.4. The number of aromatic nitrogens is 1. The Morgan fingerprint density at radius 2 is 2.11 bits per heavy atom. The number of rotatable bonds is 3. The minimum atomic E-state index is -0.0389. The lowest BCUT2D eigenvalue weighted by Crippen LogP contribution is -2.09. The molecule has 0 spiro atoms. The highest BCUT2D eigenvalue weighted by Gasteiger charge is 2.16. The minimum Gasteiger partial charge on any atom is -0.493 e. The van der Waals surface area contributed by atoms with Crippen LogP contribution in [0, 0.1) is 12.8 Å². The van der Waals surface area contributed by atoms with Crippen molar-refractivity contribution in [2.45, 2.75) is 32.6 Å². The molecule has 3 nitrogen and oxygen atoms in total. The molecule has 1 heterocycles. The lowest BCUT2D eigenvalue weighted by atomic mass is 10.1. The molecule has 1 aliphatic carbocycles. The Bertz CT molecular complexity index is 639. The molecule has 0 bridgehead atoms. The highest BCUT2D eigenvalue weighted by Crippen LogP contribution is 2.28. The monoisotopic (exact) mass is 257 g/mol. The van der Waals surface area contributed by atoms with E-state index in [9.17, 15) is 4.79 Å². The summed E-state index contributed by atoms with van der Waals surface area (Å²) in [6.07, 6.45) is 6.92. The third kappa shape index (κ3) is 2.50. The predicted octanol–water partition coefficient (Wildman–Crippen LogP) is 3.41. The third-order valence-electron chi connectivity index (χ3n) is 4.02. The van der Waals surface area contributed by atoms with Gasteiger partial charge in [0.1, 0.15) is 5.75 Å². The predicted molar refractivity (Wildman–Crippen MR) is 76.8 cm³/mol. The number of benzene rings is 1. The van der Waals surface area contributed by atoms with Crippen LogP contribution in [0.4, 0.5) is 0 Å². The number of aromatic amines is 1. The fourth-order valence-electron chi connectivity index (χ4n) is 2.86. The standard InChI is InChI=1S/C16H19NO2/c1-11-8-14-13(6-7-17-16(14)18)9-15(11)19-10-12-4-2-3-5-12/h6-9,12H,2-5,10H2,1H3,(H,17,18). The lowest BCUT2D eigenvalue weighted by molar-refractivity contribution is 0.251. The van der Waals surface area contributed by atoms with Crippen LogP contribution in [-0.2, 0) is 0 Å². The van der Waals surface area contributed by atoms with Crippen LogP contribution >= 0.6 is 0 Å². The van der Waals surface area contributed by atoms with E-state index in [1.165, 1.54) is 25.7 Å². The number of H-pyrrole nitrogens is 1. The van der Waals surface area contributed by atoms with Crippen LogP contribution in [0.2, 0.25) is 0 Å². The van der Waals surface area contributed by atoms with Crippen molar-refractivity contribution in [1.29, 1.82) is 0 Å². The van der Waals surface area contributed by atoms with E-state index in [2.05, 4.69) is 4.98 Å². The van der Waals surface area contributed by atoms with E-state index in [0.29, 0.717) is 5.92 Å². The number of hydrogen-bond donors (Lipinski definition) is 1. The van der Waals surface area contributed by atoms with Crippen molar-refractivity contribution in [1.82, 2.24) is 4.98 Å². The Balaban J connectivity index is 1.86. The molecule has 0 aliphatic heterocycles. The van der Waals surface area contributed by atoms with E-state index >= 15 is 0 Å². The fourth-order valence-corrected chi connectivity index (χ4v) is 2.86. The van der Waals surface area contributed by atoms with Crippen molar-refractivity contribution in [3.63, 3.8) is 0 Å². The molecule has 1 N–H and O–H groups in total. The molecule has 1 saturated carbocycles. The van der Waals surface area contributed by atoms with Crippen LogP contribution in [0.5, 0.6) is 5.75 Å². The molecule has 1 aliphatic rings. The van der Waals surface area contributed by atoms with Crippen molar-refractivity contribution in [2.24, 2.45) is 5.92 Å². The molecule has 0 amide bonds. The molecule has 2 aromatic rings. The van der Waals surface area contributed by atoms with Gasteiger partial charge in [0.2, 0.25) is 0 Å². The van der Waals surface area contributed by atoms with Crippen molar-refractivity contribution in [3.05, 3.63) is 40.3 Å². The maximum Gasteiger partial charge on any atom is 0.255 e. The van der Waals surface area contributed by atoms with Crippen LogP contribution < -0.4 is 10.3 Å². The van der Waals surface area contributed by atoms with Crippen molar-refractivity contribution < 1.29 is 4.74 Å². The first-order valence-electron chi connectivity index (χ1n) is 6.99. The summed E-state index contributed by atoms with van der Waals surface area (Å²) < 4.78 is 5.96. The normalized spacial score (nSPS) is 16.1.